The second-order valence-corrected chi connectivity index (χ2v) is 17.4. The molecule has 0 spiro atoms. The minimum absolute atomic E-state index is 0.184. The SMILES string of the molecule is [2H]C([2H])([2H])c1c(F)cccc1-c1cc(C([2H])([2H])C(C)C)[c]([Ge]([CH3])([CH3])[CH3])cn1. The molecule has 1 aromatic heterocycles. The Bertz CT molecular complexity index is 841. The Balaban J connectivity index is 2.82. The van der Waals surface area contributed by atoms with Crippen molar-refractivity contribution in [3.8, 4) is 11.3 Å². The van der Waals surface area contributed by atoms with Crippen molar-refractivity contribution >= 4 is 17.7 Å². The molecule has 22 heavy (non-hydrogen) atoms. The molecule has 118 valence electrons. The molecule has 0 bridgehead atoms. The third-order valence-electron chi connectivity index (χ3n) is 3.45. The van der Waals surface area contributed by atoms with E-state index in [9.17, 15) is 4.39 Å². The summed E-state index contributed by atoms with van der Waals surface area (Å²) in [5.74, 6) is 5.40. The fourth-order valence-corrected chi connectivity index (χ4v) is 5.31. The van der Waals surface area contributed by atoms with Crippen LogP contribution in [0.3, 0.4) is 0 Å². The number of benzene rings is 1. The molecule has 0 aliphatic heterocycles. The molecule has 0 N–H and O–H groups in total. The molecule has 0 fully saturated rings. The predicted octanol–water partition coefficient (Wildman–Crippen LogP) is 4.94. The van der Waals surface area contributed by atoms with Crippen LogP contribution in [0.1, 0.15) is 31.8 Å². The first-order valence-electron chi connectivity index (χ1n) is 9.97. The Morgan fingerprint density at radius 3 is 2.64 bits per heavy atom. The van der Waals surface area contributed by atoms with Crippen LogP contribution in [0.25, 0.3) is 11.3 Å². The molecule has 0 unspecified atom stereocenters. The first-order valence-corrected chi connectivity index (χ1v) is 14.8. The number of hydrogen-bond donors (Lipinski definition) is 0. The van der Waals surface area contributed by atoms with E-state index in [1.54, 1.807) is 12.3 Å². The fourth-order valence-electron chi connectivity index (χ4n) is 2.37. The Hall–Kier alpha value is -1.16. The zero-order valence-electron chi connectivity index (χ0n) is 18.8. The summed E-state index contributed by atoms with van der Waals surface area (Å²) in [6, 6.07) is 5.72. The maximum absolute atomic E-state index is 14.3. The third-order valence-corrected chi connectivity index (χ3v) is 7.67. The van der Waals surface area contributed by atoms with E-state index in [0.29, 0.717) is 5.56 Å². The van der Waals surface area contributed by atoms with Crippen LogP contribution in [0.4, 0.5) is 4.39 Å². The van der Waals surface area contributed by atoms with Crippen molar-refractivity contribution in [2.24, 2.45) is 5.92 Å². The van der Waals surface area contributed by atoms with Crippen molar-refractivity contribution in [1.29, 1.82) is 0 Å². The fraction of sp³-hybridized carbons (Fsp3) is 0.421. The summed E-state index contributed by atoms with van der Waals surface area (Å²) in [5, 5.41) is 0. The monoisotopic (exact) mass is 366 g/mol. The number of nitrogens with zero attached hydrogens (tertiary/aromatic N) is 1. The van der Waals surface area contributed by atoms with E-state index in [1.807, 2.05) is 13.8 Å². The average Bonchev–Trinajstić information content (AvgIpc) is 2.51. The molecule has 0 atom stereocenters. The zero-order chi connectivity index (χ0) is 20.8. The quantitative estimate of drug-likeness (QED) is 0.700. The minimum atomic E-state index is -2.62. The van der Waals surface area contributed by atoms with Gasteiger partial charge in [0.05, 0.1) is 0 Å². The molecule has 0 amide bonds. The molecular weight excluding hydrogens is 334 g/mol. The van der Waals surface area contributed by atoms with Crippen molar-refractivity contribution in [2.45, 2.75) is 44.3 Å². The van der Waals surface area contributed by atoms with Crippen LogP contribution in [0.15, 0.2) is 30.5 Å². The Labute approximate surface area is 143 Å². The van der Waals surface area contributed by atoms with Crippen molar-refractivity contribution in [3.63, 3.8) is 0 Å². The number of halogens is 1. The molecule has 2 aromatic rings. The predicted molar refractivity (Wildman–Crippen MR) is 95.9 cm³/mol. The van der Waals surface area contributed by atoms with Gasteiger partial charge in [-0.05, 0) is 0 Å². The number of aromatic nitrogens is 1. The summed E-state index contributed by atoms with van der Waals surface area (Å²) < 4.78 is 55.5. The summed E-state index contributed by atoms with van der Waals surface area (Å²) in [5.41, 5.74) is 0.633. The number of rotatable bonds is 4. The molecule has 0 aliphatic rings. The molecule has 0 aliphatic carbocycles. The van der Waals surface area contributed by atoms with E-state index in [2.05, 4.69) is 22.3 Å². The van der Waals surface area contributed by atoms with Gasteiger partial charge in [-0.3, -0.25) is 0 Å². The maximum atomic E-state index is 14.3. The Kier molecular flexibility index (Phi) is 3.38. The van der Waals surface area contributed by atoms with Gasteiger partial charge in [0, 0.05) is 0 Å². The summed E-state index contributed by atoms with van der Waals surface area (Å²) in [6.07, 6.45) is 0.0676. The van der Waals surface area contributed by atoms with Gasteiger partial charge in [0.15, 0.2) is 0 Å². The molecule has 0 radical (unpaired) electrons. The molecule has 3 heteroatoms. The van der Waals surface area contributed by atoms with Crippen LogP contribution in [0.2, 0.25) is 17.3 Å². The van der Waals surface area contributed by atoms with E-state index in [1.165, 1.54) is 12.1 Å². The molecular formula is C19H26FGeN. The van der Waals surface area contributed by atoms with Gasteiger partial charge in [-0.2, -0.15) is 0 Å². The van der Waals surface area contributed by atoms with Gasteiger partial charge in [-0.25, -0.2) is 0 Å². The second kappa shape index (κ2) is 6.53. The van der Waals surface area contributed by atoms with Crippen LogP contribution in [0, 0.1) is 18.6 Å². The summed E-state index contributed by atoms with van der Waals surface area (Å²) in [6.45, 7) is 1.01. The van der Waals surface area contributed by atoms with Crippen LogP contribution >= 0.6 is 0 Å². The van der Waals surface area contributed by atoms with Crippen molar-refractivity contribution in [3.05, 3.63) is 47.4 Å². The number of pyridine rings is 1. The second-order valence-electron chi connectivity index (χ2n) is 6.83. The van der Waals surface area contributed by atoms with E-state index < -0.39 is 32.3 Å². The van der Waals surface area contributed by atoms with Gasteiger partial charge in [-0.1, -0.05) is 0 Å². The Morgan fingerprint density at radius 1 is 1.32 bits per heavy atom. The van der Waals surface area contributed by atoms with Crippen LogP contribution < -0.4 is 4.40 Å². The normalized spacial score (nSPS) is 16.6. The van der Waals surface area contributed by atoms with Crippen molar-refractivity contribution in [1.82, 2.24) is 4.98 Å². The van der Waals surface area contributed by atoms with E-state index in [0.717, 1.165) is 10.5 Å². The molecule has 2 rings (SSSR count). The molecule has 1 aromatic carbocycles. The first-order chi connectivity index (χ1) is 12.2. The van der Waals surface area contributed by atoms with Crippen LogP contribution in [0.5, 0.6) is 0 Å². The number of hydrogen-bond acceptors (Lipinski definition) is 1. The van der Waals surface area contributed by atoms with E-state index in [-0.39, 0.29) is 22.7 Å². The standard InChI is InChI=1S/C19H26FGeN/c1-13(2)10-15-11-19(22-12-18(15)21(4,5)6)16-8-7-9-17(20)14(16)3/h7-9,11-13H,10H2,1-6H3/i3D3,10D2. The summed E-state index contributed by atoms with van der Waals surface area (Å²) in [7, 11) is 0. The van der Waals surface area contributed by atoms with Crippen molar-refractivity contribution in [2.75, 3.05) is 0 Å². The average molecular weight is 365 g/mol. The molecule has 0 saturated heterocycles. The van der Waals surface area contributed by atoms with E-state index >= 15 is 0 Å². The first kappa shape index (κ1) is 11.4. The Morgan fingerprint density at radius 2 is 2.05 bits per heavy atom. The van der Waals surface area contributed by atoms with Gasteiger partial charge >= 0.3 is 143 Å². The van der Waals surface area contributed by atoms with Gasteiger partial charge in [0.2, 0.25) is 0 Å². The molecule has 0 saturated carbocycles. The van der Waals surface area contributed by atoms with Gasteiger partial charge < -0.3 is 0 Å². The summed E-state index contributed by atoms with van der Waals surface area (Å²) in [4.78, 5) is 4.43. The summed E-state index contributed by atoms with van der Waals surface area (Å²) >= 11 is -2.45. The van der Waals surface area contributed by atoms with Crippen LogP contribution in [-0.4, -0.2) is 18.3 Å². The molecule has 1 nitrogen and oxygen atoms in total. The zero-order valence-corrected chi connectivity index (χ0v) is 15.9. The van der Waals surface area contributed by atoms with E-state index in [4.69, 9.17) is 6.85 Å². The van der Waals surface area contributed by atoms with Gasteiger partial charge in [0.1, 0.15) is 0 Å². The van der Waals surface area contributed by atoms with Gasteiger partial charge in [0.25, 0.3) is 0 Å². The van der Waals surface area contributed by atoms with Crippen LogP contribution in [-0.2, 0) is 6.37 Å². The van der Waals surface area contributed by atoms with Gasteiger partial charge in [-0.15, -0.1) is 0 Å². The topological polar surface area (TPSA) is 12.9 Å². The third kappa shape index (κ3) is 3.78. The molecule has 1 heterocycles. The van der Waals surface area contributed by atoms with Crippen molar-refractivity contribution < 1.29 is 11.2 Å².